The van der Waals surface area contributed by atoms with Crippen molar-refractivity contribution in [2.45, 2.75) is 6.42 Å². The highest BCUT2D eigenvalue weighted by Gasteiger charge is 2.35. The predicted octanol–water partition coefficient (Wildman–Crippen LogP) is 3.97. The zero-order valence-corrected chi connectivity index (χ0v) is 14.0. The van der Waals surface area contributed by atoms with Crippen molar-refractivity contribution in [3.8, 4) is 0 Å². The van der Waals surface area contributed by atoms with Crippen molar-refractivity contribution in [3.63, 3.8) is 0 Å². The molecule has 0 saturated carbocycles. The Kier molecular flexibility index (Phi) is 4.13. The first-order valence-electron chi connectivity index (χ1n) is 8.46. The molecule has 4 nitrogen and oxygen atoms in total. The van der Waals surface area contributed by atoms with Gasteiger partial charge in [0.1, 0.15) is 5.82 Å². The second-order valence-electron chi connectivity index (χ2n) is 6.43. The number of anilines is 2. The number of rotatable bonds is 3. The summed E-state index contributed by atoms with van der Waals surface area (Å²) in [6.45, 7) is 0.296. The molecule has 3 aromatic rings. The molecule has 0 spiro atoms. The van der Waals surface area contributed by atoms with E-state index in [1.807, 2.05) is 42.5 Å². The molecule has 3 aromatic carbocycles. The molecule has 0 bridgehead atoms. The van der Waals surface area contributed by atoms with Gasteiger partial charge >= 0.3 is 0 Å². The van der Waals surface area contributed by atoms with Crippen LogP contribution in [0.25, 0.3) is 10.8 Å². The van der Waals surface area contributed by atoms with Gasteiger partial charge in [-0.05, 0) is 47.2 Å². The van der Waals surface area contributed by atoms with Gasteiger partial charge in [0.15, 0.2) is 0 Å². The van der Waals surface area contributed by atoms with Gasteiger partial charge in [-0.25, -0.2) is 4.39 Å². The number of benzene rings is 3. The van der Waals surface area contributed by atoms with Crippen molar-refractivity contribution in [2.75, 3.05) is 16.8 Å². The number of amides is 2. The van der Waals surface area contributed by atoms with Crippen molar-refractivity contribution < 1.29 is 14.0 Å². The second kappa shape index (κ2) is 6.59. The summed E-state index contributed by atoms with van der Waals surface area (Å²) in [6, 6.07) is 19.4. The number of nitrogens with zero attached hydrogens (tertiary/aromatic N) is 1. The molecule has 4 rings (SSSR count). The fourth-order valence-corrected chi connectivity index (χ4v) is 3.27. The van der Waals surface area contributed by atoms with Crippen LogP contribution in [0.2, 0.25) is 0 Å². The van der Waals surface area contributed by atoms with E-state index >= 15 is 0 Å². The molecule has 1 aliphatic heterocycles. The zero-order valence-electron chi connectivity index (χ0n) is 14.0. The summed E-state index contributed by atoms with van der Waals surface area (Å²) in [7, 11) is 0. The van der Waals surface area contributed by atoms with Crippen LogP contribution in [0.3, 0.4) is 0 Å². The second-order valence-corrected chi connectivity index (χ2v) is 6.43. The molecule has 1 atom stereocenters. The van der Waals surface area contributed by atoms with E-state index in [1.165, 1.54) is 17.0 Å². The van der Waals surface area contributed by atoms with Crippen LogP contribution in [0.5, 0.6) is 0 Å². The van der Waals surface area contributed by atoms with Crippen molar-refractivity contribution in [3.05, 3.63) is 72.5 Å². The Morgan fingerprint density at radius 1 is 1.00 bits per heavy atom. The summed E-state index contributed by atoms with van der Waals surface area (Å²) in [6.07, 6.45) is 0.150. The van der Waals surface area contributed by atoms with Crippen molar-refractivity contribution >= 4 is 34.0 Å². The number of hydrogen-bond acceptors (Lipinski definition) is 2. The number of carbonyl (C=O) groups is 2. The first kappa shape index (κ1) is 16.3. The highest BCUT2D eigenvalue weighted by Crippen LogP contribution is 2.27. The Balaban J connectivity index is 1.48. The molecule has 1 unspecified atom stereocenters. The number of carbonyl (C=O) groups excluding carboxylic acids is 2. The molecule has 130 valence electrons. The largest absolute Gasteiger partial charge is 0.326 e. The molecule has 26 heavy (non-hydrogen) atoms. The molecule has 0 radical (unpaired) electrons. The van der Waals surface area contributed by atoms with Crippen LogP contribution in [-0.2, 0) is 9.59 Å². The minimum atomic E-state index is -0.431. The van der Waals surface area contributed by atoms with E-state index < -0.39 is 5.92 Å². The van der Waals surface area contributed by atoms with Crippen LogP contribution < -0.4 is 10.2 Å². The smallest absolute Gasteiger partial charge is 0.229 e. The highest BCUT2D eigenvalue weighted by atomic mass is 19.1. The van der Waals surface area contributed by atoms with E-state index in [-0.39, 0.29) is 24.1 Å². The Labute approximate surface area is 150 Å². The van der Waals surface area contributed by atoms with E-state index in [1.54, 1.807) is 12.1 Å². The molecule has 1 N–H and O–H groups in total. The number of nitrogens with one attached hydrogen (secondary N) is 1. The lowest BCUT2D eigenvalue weighted by molar-refractivity contribution is -0.122. The minimum absolute atomic E-state index is 0.129. The Morgan fingerprint density at radius 2 is 1.73 bits per heavy atom. The van der Waals surface area contributed by atoms with Crippen LogP contribution >= 0.6 is 0 Å². The average molecular weight is 348 g/mol. The molecule has 0 aliphatic carbocycles. The maximum atomic E-state index is 13.1. The summed E-state index contributed by atoms with van der Waals surface area (Å²) < 4.78 is 13.1. The topological polar surface area (TPSA) is 49.4 Å². The standard InChI is InChI=1S/C21H17FN2O2/c22-17-6-9-19(10-7-17)24-13-16(12-20(24)25)21(26)23-18-8-5-14-3-1-2-4-15(14)11-18/h1-11,16H,12-13H2,(H,23,26). The molecular formula is C21H17FN2O2. The van der Waals surface area contributed by atoms with Gasteiger partial charge in [0.05, 0.1) is 5.92 Å². The third kappa shape index (κ3) is 3.16. The monoisotopic (exact) mass is 348 g/mol. The molecule has 5 heteroatoms. The number of hydrogen-bond donors (Lipinski definition) is 1. The minimum Gasteiger partial charge on any atom is -0.326 e. The van der Waals surface area contributed by atoms with Gasteiger partial charge in [-0.2, -0.15) is 0 Å². The van der Waals surface area contributed by atoms with E-state index in [0.717, 1.165) is 10.8 Å². The molecule has 1 heterocycles. The van der Waals surface area contributed by atoms with Gasteiger partial charge in [-0.3, -0.25) is 9.59 Å². The van der Waals surface area contributed by atoms with Crippen LogP contribution in [0.1, 0.15) is 6.42 Å². The average Bonchev–Trinajstić information content (AvgIpc) is 3.04. The molecule has 2 amide bonds. The summed E-state index contributed by atoms with van der Waals surface area (Å²) >= 11 is 0. The predicted molar refractivity (Wildman–Crippen MR) is 99.4 cm³/mol. The maximum Gasteiger partial charge on any atom is 0.229 e. The van der Waals surface area contributed by atoms with Crippen LogP contribution in [-0.4, -0.2) is 18.4 Å². The van der Waals surface area contributed by atoms with Gasteiger partial charge in [0.2, 0.25) is 11.8 Å². The van der Waals surface area contributed by atoms with Gasteiger partial charge in [0.25, 0.3) is 0 Å². The summed E-state index contributed by atoms with van der Waals surface area (Å²) in [5, 5.41) is 5.04. The molecule has 1 fully saturated rings. The summed E-state index contributed by atoms with van der Waals surface area (Å²) in [4.78, 5) is 26.4. The van der Waals surface area contributed by atoms with Crippen LogP contribution in [0.15, 0.2) is 66.7 Å². The molecule has 0 aromatic heterocycles. The van der Waals surface area contributed by atoms with E-state index in [0.29, 0.717) is 17.9 Å². The fourth-order valence-electron chi connectivity index (χ4n) is 3.27. The molecule has 1 saturated heterocycles. The Morgan fingerprint density at radius 3 is 2.50 bits per heavy atom. The van der Waals surface area contributed by atoms with Gasteiger partial charge in [-0.1, -0.05) is 30.3 Å². The van der Waals surface area contributed by atoms with Gasteiger partial charge < -0.3 is 10.2 Å². The lowest BCUT2D eigenvalue weighted by atomic mass is 10.1. The molecule has 1 aliphatic rings. The lowest BCUT2D eigenvalue weighted by Gasteiger charge is -2.16. The first-order chi connectivity index (χ1) is 12.6. The fraction of sp³-hybridized carbons (Fsp3) is 0.143. The number of fused-ring (bicyclic) bond motifs is 1. The lowest BCUT2D eigenvalue weighted by Crippen LogP contribution is -2.28. The highest BCUT2D eigenvalue weighted by molar-refractivity contribution is 6.04. The van der Waals surface area contributed by atoms with Crippen LogP contribution in [0, 0.1) is 11.7 Å². The normalized spacial score (nSPS) is 16.9. The Hall–Kier alpha value is -3.21. The third-order valence-corrected chi connectivity index (χ3v) is 4.65. The van der Waals surface area contributed by atoms with E-state index in [2.05, 4.69) is 5.32 Å². The van der Waals surface area contributed by atoms with Gasteiger partial charge in [0, 0.05) is 24.3 Å². The number of halogens is 1. The zero-order chi connectivity index (χ0) is 18.1. The van der Waals surface area contributed by atoms with Crippen LogP contribution in [0.4, 0.5) is 15.8 Å². The quantitative estimate of drug-likeness (QED) is 0.779. The van der Waals surface area contributed by atoms with Crippen molar-refractivity contribution in [1.82, 2.24) is 0 Å². The van der Waals surface area contributed by atoms with E-state index in [9.17, 15) is 14.0 Å². The van der Waals surface area contributed by atoms with Gasteiger partial charge in [-0.15, -0.1) is 0 Å². The summed E-state index contributed by atoms with van der Waals surface area (Å²) in [5.41, 5.74) is 1.32. The molecular weight excluding hydrogens is 331 g/mol. The van der Waals surface area contributed by atoms with Crippen molar-refractivity contribution in [2.24, 2.45) is 5.92 Å². The SMILES string of the molecule is O=C(Nc1ccc2ccccc2c1)C1CC(=O)N(c2ccc(F)cc2)C1. The first-order valence-corrected chi connectivity index (χ1v) is 8.46. The van der Waals surface area contributed by atoms with Crippen molar-refractivity contribution in [1.29, 1.82) is 0 Å². The van der Waals surface area contributed by atoms with E-state index in [4.69, 9.17) is 0 Å². The maximum absolute atomic E-state index is 13.1. The Bertz CT molecular complexity index is 985. The summed E-state index contributed by atoms with van der Waals surface area (Å²) in [5.74, 6) is -1.10. The third-order valence-electron chi connectivity index (χ3n) is 4.65.